The van der Waals surface area contributed by atoms with Crippen LogP contribution in [0.2, 0.25) is 0 Å². The summed E-state index contributed by atoms with van der Waals surface area (Å²) in [6.07, 6.45) is 3.38. The fourth-order valence-corrected chi connectivity index (χ4v) is 0.424. The monoisotopic (exact) mass is 222 g/mol. The third kappa shape index (κ3) is 7.40. The van der Waals surface area contributed by atoms with Crippen molar-refractivity contribution in [2.24, 2.45) is 0 Å². The van der Waals surface area contributed by atoms with E-state index in [-0.39, 0.29) is 0 Å². The molecular weight excluding hydrogens is 212 g/mol. The molecule has 0 aliphatic heterocycles. The van der Waals surface area contributed by atoms with E-state index in [1.54, 1.807) is 19.5 Å². The van der Waals surface area contributed by atoms with Crippen molar-refractivity contribution in [1.82, 2.24) is 5.10 Å². The van der Waals surface area contributed by atoms with Crippen molar-refractivity contribution in [2.45, 2.75) is 0 Å². The third-order valence-corrected chi connectivity index (χ3v) is 1.39. The van der Waals surface area contributed by atoms with Gasteiger partial charge in [-0.1, -0.05) is 0 Å². The molecule has 0 aliphatic carbocycles. The first-order valence-electron chi connectivity index (χ1n) is 3.38. The molecule has 0 atom stereocenters. The number of aromatic nitrogens is 2. The fourth-order valence-electron chi connectivity index (χ4n) is 0.424. The molecule has 0 fully saturated rings. The smallest absolute Gasteiger partial charge is 0.254 e. The Bertz CT molecular complexity index is 338. The Morgan fingerprint density at radius 2 is 1.93 bits per heavy atom. The van der Waals surface area contributed by atoms with Crippen molar-refractivity contribution in [3.63, 3.8) is 0 Å². The van der Waals surface area contributed by atoms with E-state index < -0.39 is 10.4 Å². The Balaban J connectivity index is 0.000000255. The van der Waals surface area contributed by atoms with Gasteiger partial charge in [0.2, 0.25) is 10.4 Å². The van der Waals surface area contributed by atoms with Gasteiger partial charge in [0.25, 0.3) is 6.20 Å². The predicted octanol–water partition coefficient (Wildman–Crippen LogP) is -1.48. The molecule has 0 aliphatic rings. The van der Waals surface area contributed by atoms with Gasteiger partial charge < -0.3 is 4.55 Å². The van der Waals surface area contributed by atoms with Gasteiger partial charge in [-0.2, -0.15) is 0 Å². The van der Waals surface area contributed by atoms with Gasteiger partial charge >= 0.3 is 0 Å². The maximum absolute atomic E-state index is 9.22. The van der Waals surface area contributed by atoms with E-state index in [4.69, 9.17) is 4.84 Å². The molecule has 0 radical (unpaired) electrons. The van der Waals surface area contributed by atoms with Crippen LogP contribution in [0, 0.1) is 0 Å². The highest BCUT2D eigenvalue weighted by atomic mass is 32.3. The lowest BCUT2D eigenvalue weighted by Crippen LogP contribution is -2.43. The van der Waals surface area contributed by atoms with Gasteiger partial charge in [0.1, 0.15) is 4.85 Å². The summed E-state index contributed by atoms with van der Waals surface area (Å²) in [5, 5.41) is 3.79. The standard InChI is InChI=1S/C5H7N2O.CH4O4S/c1-8-7-5-3-2-4-6-7;1-5-6(2,3)4/h2-5H,1H3;1H3,(H,2,3,4)/q+1;/p-1. The van der Waals surface area contributed by atoms with Crippen LogP contribution in [0.1, 0.15) is 0 Å². The lowest BCUT2D eigenvalue weighted by molar-refractivity contribution is -0.930. The highest BCUT2D eigenvalue weighted by molar-refractivity contribution is 7.80. The van der Waals surface area contributed by atoms with Crippen molar-refractivity contribution in [2.75, 3.05) is 14.2 Å². The Hall–Kier alpha value is -1.25. The summed E-state index contributed by atoms with van der Waals surface area (Å²) in [6.45, 7) is 0. The van der Waals surface area contributed by atoms with Crippen molar-refractivity contribution < 1.29 is 26.8 Å². The van der Waals surface area contributed by atoms with Crippen molar-refractivity contribution in [3.05, 3.63) is 24.5 Å². The summed E-state index contributed by atoms with van der Waals surface area (Å²) < 4.78 is 31.0. The first-order chi connectivity index (χ1) is 6.49. The van der Waals surface area contributed by atoms with Crippen LogP contribution in [0.3, 0.4) is 0 Å². The van der Waals surface area contributed by atoms with Crippen LogP contribution in [0.5, 0.6) is 0 Å². The van der Waals surface area contributed by atoms with Gasteiger partial charge in [-0.05, 0) is 6.07 Å². The molecule has 0 saturated heterocycles. The molecule has 0 aromatic carbocycles. The topological polar surface area (TPSA) is 92.4 Å². The molecule has 1 aromatic rings. The molecule has 80 valence electrons. The van der Waals surface area contributed by atoms with Crippen molar-refractivity contribution >= 4 is 10.4 Å². The van der Waals surface area contributed by atoms with Crippen LogP contribution in [0.15, 0.2) is 24.5 Å². The first-order valence-corrected chi connectivity index (χ1v) is 4.72. The molecule has 7 nitrogen and oxygen atoms in total. The molecule has 0 N–H and O–H groups in total. The van der Waals surface area contributed by atoms with Crippen LogP contribution >= 0.6 is 0 Å². The highest BCUT2D eigenvalue weighted by Crippen LogP contribution is 1.74. The maximum atomic E-state index is 9.22. The van der Waals surface area contributed by atoms with E-state index in [1.165, 1.54) is 4.85 Å². The number of hydrogen-bond donors (Lipinski definition) is 0. The minimum absolute atomic E-state index is 0.808. The number of nitrogens with zero attached hydrogens (tertiary/aromatic N) is 2. The quantitative estimate of drug-likeness (QED) is 0.344. The highest BCUT2D eigenvalue weighted by Gasteiger charge is 1.90. The van der Waals surface area contributed by atoms with Gasteiger partial charge in [0, 0.05) is 11.2 Å². The first kappa shape index (κ1) is 12.8. The van der Waals surface area contributed by atoms with Gasteiger partial charge in [-0.15, -0.1) is 0 Å². The molecule has 0 amide bonds. The van der Waals surface area contributed by atoms with Crippen molar-refractivity contribution in [1.29, 1.82) is 0 Å². The summed E-state index contributed by atoms with van der Waals surface area (Å²) in [6, 6.07) is 3.67. The van der Waals surface area contributed by atoms with Crippen LogP contribution in [-0.4, -0.2) is 32.3 Å². The Morgan fingerprint density at radius 1 is 1.36 bits per heavy atom. The minimum Gasteiger partial charge on any atom is -0.726 e. The Labute approximate surface area is 81.8 Å². The molecule has 0 bridgehead atoms. The second-order valence-corrected chi connectivity index (χ2v) is 3.01. The lowest BCUT2D eigenvalue weighted by Gasteiger charge is -1.98. The predicted molar refractivity (Wildman–Crippen MR) is 43.6 cm³/mol. The van der Waals surface area contributed by atoms with Gasteiger partial charge in [-0.3, -0.25) is 4.18 Å². The summed E-state index contributed by atoms with van der Waals surface area (Å²) in [5.41, 5.74) is 0. The molecule has 14 heavy (non-hydrogen) atoms. The molecule has 0 saturated carbocycles. The zero-order chi connectivity index (χ0) is 11.0. The van der Waals surface area contributed by atoms with E-state index in [1.807, 2.05) is 12.1 Å². The Morgan fingerprint density at radius 3 is 2.14 bits per heavy atom. The molecule has 0 spiro atoms. The van der Waals surface area contributed by atoms with Gasteiger partial charge in [0.05, 0.1) is 13.3 Å². The third-order valence-electron chi connectivity index (χ3n) is 0.982. The lowest BCUT2D eigenvalue weighted by atomic mass is 10.6. The zero-order valence-electron chi connectivity index (χ0n) is 7.65. The maximum Gasteiger partial charge on any atom is 0.254 e. The minimum atomic E-state index is -4.41. The van der Waals surface area contributed by atoms with Crippen LogP contribution < -0.4 is 9.68 Å². The molecular formula is C6H10N2O5S. The molecule has 0 unspecified atom stereocenters. The molecule has 1 rings (SSSR count). The van der Waals surface area contributed by atoms with E-state index in [0.29, 0.717) is 0 Å². The molecule has 1 heterocycles. The van der Waals surface area contributed by atoms with Crippen LogP contribution in [0.25, 0.3) is 0 Å². The van der Waals surface area contributed by atoms with Crippen LogP contribution in [-0.2, 0) is 14.6 Å². The average molecular weight is 222 g/mol. The summed E-state index contributed by atoms with van der Waals surface area (Å²) in [4.78, 5) is 6.09. The fraction of sp³-hybridized carbons (Fsp3) is 0.333. The summed E-state index contributed by atoms with van der Waals surface area (Å²) >= 11 is 0. The van der Waals surface area contributed by atoms with Crippen LogP contribution in [0.4, 0.5) is 0 Å². The number of rotatable bonds is 2. The summed E-state index contributed by atoms with van der Waals surface area (Å²) in [7, 11) is -2.04. The van der Waals surface area contributed by atoms with Gasteiger partial charge in [0.15, 0.2) is 7.11 Å². The van der Waals surface area contributed by atoms with E-state index in [0.717, 1.165) is 7.11 Å². The SMILES string of the molecule is COS(=O)(=O)[O-].CO[n+]1ccccn1. The second-order valence-electron chi connectivity index (χ2n) is 1.86. The number of hydrogen-bond acceptors (Lipinski definition) is 6. The largest absolute Gasteiger partial charge is 0.726 e. The van der Waals surface area contributed by atoms with Gasteiger partial charge in [-0.25, -0.2) is 13.3 Å². The van der Waals surface area contributed by atoms with Crippen molar-refractivity contribution in [3.8, 4) is 0 Å². The van der Waals surface area contributed by atoms with E-state index >= 15 is 0 Å². The average Bonchev–Trinajstić information content (AvgIpc) is 2.19. The second kappa shape index (κ2) is 6.24. The normalized spacial score (nSPS) is 9.93. The van der Waals surface area contributed by atoms with E-state index in [2.05, 4.69) is 9.28 Å². The Kier molecular flexibility index (Phi) is 5.68. The molecule has 1 aromatic heterocycles. The van der Waals surface area contributed by atoms with E-state index in [9.17, 15) is 13.0 Å². The zero-order valence-corrected chi connectivity index (χ0v) is 8.47. The molecule has 8 heteroatoms. The summed E-state index contributed by atoms with van der Waals surface area (Å²) in [5.74, 6) is 0.